The van der Waals surface area contributed by atoms with E-state index in [9.17, 15) is 4.79 Å². The average Bonchev–Trinajstić information content (AvgIpc) is 2.44. The van der Waals surface area contributed by atoms with Crippen LogP contribution in [0.4, 0.5) is 0 Å². The molecule has 0 aliphatic heterocycles. The van der Waals surface area contributed by atoms with Crippen LogP contribution in [-0.2, 0) is 7.05 Å². The molecule has 20 heavy (non-hydrogen) atoms. The fourth-order valence-corrected chi connectivity index (χ4v) is 3.15. The van der Waals surface area contributed by atoms with E-state index in [0.29, 0.717) is 9.51 Å². The van der Waals surface area contributed by atoms with Crippen molar-refractivity contribution in [1.29, 1.82) is 0 Å². The van der Waals surface area contributed by atoms with Crippen LogP contribution in [0.5, 0.6) is 5.75 Å². The van der Waals surface area contributed by atoms with E-state index in [1.807, 2.05) is 59.2 Å². The molecule has 0 spiro atoms. The molecule has 2 aromatic rings. The number of hydrogen-bond donors (Lipinski definition) is 0. The Labute approximate surface area is 144 Å². The standard InChI is InChI=1S/C14H13BrINO2S/c1-17-13(6-5-12(16)14(17)18)10-4-3-9(7-11(10)15)19-8-20-2/h3-7H,8H2,1-2H3. The van der Waals surface area contributed by atoms with Gasteiger partial charge in [0.05, 0.1) is 9.26 Å². The molecule has 0 fully saturated rings. The third-order valence-electron chi connectivity index (χ3n) is 2.82. The van der Waals surface area contributed by atoms with Crippen LogP contribution in [0.2, 0.25) is 0 Å². The summed E-state index contributed by atoms with van der Waals surface area (Å²) in [5, 5.41) is 0. The van der Waals surface area contributed by atoms with Gasteiger partial charge in [-0.25, -0.2) is 0 Å². The smallest absolute Gasteiger partial charge is 0.264 e. The number of nitrogens with zero attached hydrogens (tertiary/aromatic N) is 1. The minimum Gasteiger partial charge on any atom is -0.483 e. The molecule has 106 valence electrons. The summed E-state index contributed by atoms with van der Waals surface area (Å²) in [6.07, 6.45) is 1.99. The molecule has 0 saturated carbocycles. The van der Waals surface area contributed by atoms with E-state index in [-0.39, 0.29) is 5.56 Å². The molecular formula is C14H13BrINO2S. The molecule has 0 N–H and O–H groups in total. The van der Waals surface area contributed by atoms with Crippen LogP contribution in [0.1, 0.15) is 0 Å². The summed E-state index contributed by atoms with van der Waals surface area (Å²) in [4.78, 5) is 12.0. The van der Waals surface area contributed by atoms with Crippen molar-refractivity contribution < 1.29 is 4.74 Å². The van der Waals surface area contributed by atoms with Crippen LogP contribution in [-0.4, -0.2) is 16.8 Å². The van der Waals surface area contributed by atoms with Crippen LogP contribution in [0.3, 0.4) is 0 Å². The first kappa shape index (κ1) is 15.9. The molecule has 1 heterocycles. The zero-order chi connectivity index (χ0) is 14.7. The Balaban J connectivity index is 2.44. The third-order valence-corrected chi connectivity index (χ3v) is 4.65. The van der Waals surface area contributed by atoms with Crippen molar-refractivity contribution in [3.63, 3.8) is 0 Å². The Bertz CT molecular complexity index is 687. The van der Waals surface area contributed by atoms with E-state index in [1.165, 1.54) is 0 Å². The number of benzene rings is 1. The Hall–Kier alpha value is -0.470. The third kappa shape index (κ3) is 3.40. The van der Waals surface area contributed by atoms with Gasteiger partial charge in [0.2, 0.25) is 0 Å². The molecule has 0 bridgehead atoms. The summed E-state index contributed by atoms with van der Waals surface area (Å²) in [5.74, 6) is 1.43. The Kier molecular flexibility index (Phi) is 5.57. The van der Waals surface area contributed by atoms with Crippen LogP contribution in [0, 0.1) is 3.57 Å². The zero-order valence-corrected chi connectivity index (χ0v) is 15.6. The highest BCUT2D eigenvalue weighted by Crippen LogP contribution is 2.31. The minimum absolute atomic E-state index is 0.0118. The number of thioether (sulfide) groups is 1. The molecule has 2 rings (SSSR count). The second-order valence-electron chi connectivity index (χ2n) is 4.12. The topological polar surface area (TPSA) is 31.2 Å². The molecule has 0 aliphatic rings. The van der Waals surface area contributed by atoms with Gasteiger partial charge in [-0.2, -0.15) is 0 Å². The van der Waals surface area contributed by atoms with E-state index in [0.717, 1.165) is 21.5 Å². The van der Waals surface area contributed by atoms with Crippen LogP contribution in [0.15, 0.2) is 39.6 Å². The highest BCUT2D eigenvalue weighted by atomic mass is 127. The Morgan fingerprint density at radius 2 is 2.10 bits per heavy atom. The lowest BCUT2D eigenvalue weighted by molar-refractivity contribution is 0.393. The van der Waals surface area contributed by atoms with Gasteiger partial charge in [0.15, 0.2) is 0 Å². The van der Waals surface area contributed by atoms with E-state index in [4.69, 9.17) is 4.74 Å². The number of pyridine rings is 1. The van der Waals surface area contributed by atoms with Crippen molar-refractivity contribution >= 4 is 50.3 Å². The minimum atomic E-state index is 0.0118. The van der Waals surface area contributed by atoms with Crippen LogP contribution in [0.25, 0.3) is 11.3 Å². The maximum absolute atomic E-state index is 12.0. The lowest BCUT2D eigenvalue weighted by Gasteiger charge is -2.12. The lowest BCUT2D eigenvalue weighted by atomic mass is 10.1. The normalized spacial score (nSPS) is 10.6. The highest BCUT2D eigenvalue weighted by Gasteiger charge is 2.10. The van der Waals surface area contributed by atoms with Gasteiger partial charge in [0, 0.05) is 17.1 Å². The molecule has 0 atom stereocenters. The summed E-state index contributed by atoms with van der Waals surface area (Å²) in [5.41, 5.74) is 1.86. The maximum atomic E-state index is 12.0. The van der Waals surface area contributed by atoms with Crippen molar-refractivity contribution in [2.24, 2.45) is 7.05 Å². The predicted octanol–water partition coefficient (Wildman–Crippen LogP) is 4.12. The van der Waals surface area contributed by atoms with Gasteiger partial charge < -0.3 is 9.30 Å². The predicted molar refractivity (Wildman–Crippen MR) is 96.5 cm³/mol. The van der Waals surface area contributed by atoms with E-state index >= 15 is 0 Å². The van der Waals surface area contributed by atoms with Crippen molar-refractivity contribution in [3.8, 4) is 17.0 Å². The summed E-state index contributed by atoms with van der Waals surface area (Å²) in [7, 11) is 1.78. The van der Waals surface area contributed by atoms with Gasteiger partial charge in [-0.3, -0.25) is 4.79 Å². The second-order valence-corrected chi connectivity index (χ2v) is 6.95. The summed E-state index contributed by atoms with van der Waals surface area (Å²) >= 11 is 7.22. The first-order chi connectivity index (χ1) is 9.54. The van der Waals surface area contributed by atoms with E-state index in [2.05, 4.69) is 15.9 Å². The van der Waals surface area contributed by atoms with Gasteiger partial charge in [-0.05, 0) is 75.1 Å². The SMILES string of the molecule is CSCOc1ccc(-c2ccc(I)c(=O)n2C)c(Br)c1. The number of hydrogen-bond acceptors (Lipinski definition) is 3. The van der Waals surface area contributed by atoms with Gasteiger partial charge in [-0.15, -0.1) is 11.8 Å². The second kappa shape index (κ2) is 7.00. The van der Waals surface area contributed by atoms with Crippen LogP contribution >= 0.6 is 50.3 Å². The van der Waals surface area contributed by atoms with E-state index < -0.39 is 0 Å². The Morgan fingerprint density at radius 3 is 2.75 bits per heavy atom. The van der Waals surface area contributed by atoms with Crippen molar-refractivity contribution in [2.75, 3.05) is 12.2 Å². The summed E-state index contributed by atoms with van der Waals surface area (Å²) < 4.78 is 8.84. The molecular weight excluding hydrogens is 453 g/mol. The van der Waals surface area contributed by atoms with Crippen molar-refractivity contribution in [2.45, 2.75) is 0 Å². The molecule has 0 saturated heterocycles. The van der Waals surface area contributed by atoms with Gasteiger partial charge >= 0.3 is 0 Å². The van der Waals surface area contributed by atoms with Crippen molar-refractivity contribution in [3.05, 3.63) is 48.7 Å². The first-order valence-electron chi connectivity index (χ1n) is 5.81. The summed E-state index contributed by atoms with van der Waals surface area (Å²) in [6, 6.07) is 9.59. The zero-order valence-electron chi connectivity index (χ0n) is 11.0. The number of ether oxygens (including phenoxy) is 1. The lowest BCUT2D eigenvalue weighted by Crippen LogP contribution is -2.20. The average molecular weight is 466 g/mol. The van der Waals surface area contributed by atoms with Crippen LogP contribution < -0.4 is 10.3 Å². The first-order valence-corrected chi connectivity index (χ1v) is 9.08. The molecule has 0 radical (unpaired) electrons. The maximum Gasteiger partial charge on any atom is 0.264 e. The van der Waals surface area contributed by atoms with Gasteiger partial charge in [0.1, 0.15) is 11.7 Å². The molecule has 3 nitrogen and oxygen atoms in total. The van der Waals surface area contributed by atoms with Gasteiger partial charge in [0.25, 0.3) is 5.56 Å². The molecule has 0 amide bonds. The Morgan fingerprint density at radius 1 is 1.35 bits per heavy atom. The van der Waals surface area contributed by atoms with E-state index in [1.54, 1.807) is 23.4 Å². The number of halogens is 2. The molecule has 1 aromatic heterocycles. The molecule has 0 unspecified atom stereocenters. The fourth-order valence-electron chi connectivity index (χ4n) is 1.80. The van der Waals surface area contributed by atoms with Crippen molar-refractivity contribution in [1.82, 2.24) is 4.57 Å². The number of aromatic nitrogens is 1. The summed E-state index contributed by atoms with van der Waals surface area (Å²) in [6.45, 7) is 0. The molecule has 1 aromatic carbocycles. The molecule has 0 aliphatic carbocycles. The monoisotopic (exact) mass is 465 g/mol. The quantitative estimate of drug-likeness (QED) is 0.502. The molecule has 6 heteroatoms. The highest BCUT2D eigenvalue weighted by molar-refractivity contribution is 14.1. The largest absolute Gasteiger partial charge is 0.483 e. The number of rotatable bonds is 4. The fraction of sp³-hybridized carbons (Fsp3) is 0.214. The van der Waals surface area contributed by atoms with Gasteiger partial charge in [-0.1, -0.05) is 0 Å².